The Labute approximate surface area is 153 Å². The Kier molecular flexibility index (Phi) is 6.70. The third-order valence-electron chi connectivity index (χ3n) is 3.48. The van der Waals surface area contributed by atoms with Crippen molar-refractivity contribution in [2.45, 2.75) is 19.0 Å². The van der Waals surface area contributed by atoms with Crippen LogP contribution in [0, 0.1) is 0 Å². The molecular formula is C19H16F3NO4. The summed E-state index contributed by atoms with van der Waals surface area (Å²) in [5.74, 6) is -2.11. The first-order chi connectivity index (χ1) is 12.7. The van der Waals surface area contributed by atoms with Gasteiger partial charge in [0.25, 0.3) is 5.91 Å². The summed E-state index contributed by atoms with van der Waals surface area (Å²) in [6, 6.07) is 12.8. The summed E-state index contributed by atoms with van der Waals surface area (Å²) in [5.41, 5.74) is 0.214. The molecule has 0 bridgehead atoms. The van der Waals surface area contributed by atoms with Gasteiger partial charge in [0.2, 0.25) is 5.91 Å². The summed E-state index contributed by atoms with van der Waals surface area (Å²) < 4.78 is 42.1. The summed E-state index contributed by atoms with van der Waals surface area (Å²) in [6.07, 6.45) is -4.74. The minimum Gasteiger partial charge on any atom is -0.455 e. The van der Waals surface area contributed by atoms with E-state index in [0.29, 0.717) is 5.56 Å². The Balaban J connectivity index is 1.74. The molecular weight excluding hydrogens is 363 g/mol. The number of alkyl halides is 3. The molecule has 0 aliphatic carbocycles. The minimum absolute atomic E-state index is 0.00603. The fourth-order valence-corrected chi connectivity index (χ4v) is 2.19. The smallest absolute Gasteiger partial charge is 0.416 e. The Morgan fingerprint density at radius 2 is 1.41 bits per heavy atom. The number of hydrogen-bond acceptors (Lipinski definition) is 4. The van der Waals surface area contributed by atoms with E-state index in [1.165, 1.54) is 0 Å². The number of carbonyl (C=O) groups excluding carboxylic acids is 3. The second-order valence-electron chi connectivity index (χ2n) is 5.67. The minimum atomic E-state index is -4.45. The predicted octanol–water partition coefficient (Wildman–Crippen LogP) is 2.68. The fourth-order valence-electron chi connectivity index (χ4n) is 2.19. The van der Waals surface area contributed by atoms with Gasteiger partial charge in [0.15, 0.2) is 6.61 Å². The van der Waals surface area contributed by atoms with Crippen LogP contribution in [0.15, 0.2) is 54.6 Å². The van der Waals surface area contributed by atoms with E-state index in [9.17, 15) is 27.6 Å². The molecule has 0 aliphatic rings. The van der Waals surface area contributed by atoms with Crippen molar-refractivity contribution in [3.05, 3.63) is 71.3 Å². The average Bonchev–Trinajstić information content (AvgIpc) is 2.60. The summed E-state index contributed by atoms with van der Waals surface area (Å²) >= 11 is 0. The highest BCUT2D eigenvalue weighted by atomic mass is 19.4. The van der Waals surface area contributed by atoms with E-state index >= 15 is 0 Å². The van der Waals surface area contributed by atoms with E-state index in [1.807, 2.05) is 0 Å². The molecule has 0 unspecified atom stereocenters. The molecule has 0 saturated heterocycles. The maximum atomic E-state index is 12.5. The summed E-state index contributed by atoms with van der Waals surface area (Å²) in [7, 11) is 0. The Bertz CT molecular complexity index is 802. The van der Waals surface area contributed by atoms with Gasteiger partial charge in [-0.25, -0.2) is 0 Å². The van der Waals surface area contributed by atoms with Crippen molar-refractivity contribution in [2.24, 2.45) is 0 Å². The molecule has 0 aromatic heterocycles. The SMILES string of the molecule is O=C(COC(=O)Cc1ccc(C(F)(F)F)cc1)NC(=O)Cc1ccccc1. The van der Waals surface area contributed by atoms with Crippen molar-refractivity contribution < 1.29 is 32.3 Å². The first kappa shape index (κ1) is 20.2. The summed E-state index contributed by atoms with van der Waals surface area (Å²) in [5, 5.41) is 2.09. The molecule has 0 radical (unpaired) electrons. The number of halogens is 3. The molecule has 142 valence electrons. The van der Waals surface area contributed by atoms with Gasteiger partial charge in [0, 0.05) is 0 Å². The van der Waals surface area contributed by atoms with Crippen LogP contribution in [-0.4, -0.2) is 24.4 Å². The molecule has 0 spiro atoms. The van der Waals surface area contributed by atoms with Crippen molar-refractivity contribution in [3.8, 4) is 0 Å². The third-order valence-corrected chi connectivity index (χ3v) is 3.48. The topological polar surface area (TPSA) is 72.5 Å². The van der Waals surface area contributed by atoms with Crippen molar-refractivity contribution in [1.82, 2.24) is 5.32 Å². The van der Waals surface area contributed by atoms with Crippen molar-refractivity contribution in [3.63, 3.8) is 0 Å². The molecule has 1 N–H and O–H groups in total. The molecule has 0 heterocycles. The number of benzene rings is 2. The van der Waals surface area contributed by atoms with E-state index in [4.69, 9.17) is 4.74 Å². The molecule has 0 saturated carbocycles. The van der Waals surface area contributed by atoms with Crippen molar-refractivity contribution in [2.75, 3.05) is 6.61 Å². The number of hydrogen-bond donors (Lipinski definition) is 1. The van der Waals surface area contributed by atoms with Crippen LogP contribution in [0.2, 0.25) is 0 Å². The second-order valence-corrected chi connectivity index (χ2v) is 5.67. The van der Waals surface area contributed by atoms with E-state index in [2.05, 4.69) is 5.32 Å². The van der Waals surface area contributed by atoms with Gasteiger partial charge in [-0.15, -0.1) is 0 Å². The highest BCUT2D eigenvalue weighted by molar-refractivity contribution is 5.97. The molecule has 0 aliphatic heterocycles. The number of esters is 1. The Hall–Kier alpha value is -3.16. The van der Waals surface area contributed by atoms with Crippen LogP contribution in [-0.2, 0) is 38.1 Å². The Morgan fingerprint density at radius 1 is 0.815 bits per heavy atom. The van der Waals surface area contributed by atoms with Crippen molar-refractivity contribution >= 4 is 17.8 Å². The van der Waals surface area contributed by atoms with Crippen LogP contribution in [0.4, 0.5) is 13.2 Å². The van der Waals surface area contributed by atoms with Gasteiger partial charge in [-0.2, -0.15) is 13.2 Å². The largest absolute Gasteiger partial charge is 0.455 e. The Morgan fingerprint density at radius 3 is 2.00 bits per heavy atom. The first-order valence-corrected chi connectivity index (χ1v) is 7.92. The second kappa shape index (κ2) is 8.98. The lowest BCUT2D eigenvalue weighted by Crippen LogP contribution is -2.35. The van der Waals surface area contributed by atoms with Gasteiger partial charge >= 0.3 is 12.1 Å². The number of imide groups is 1. The zero-order chi connectivity index (χ0) is 19.9. The lowest BCUT2D eigenvalue weighted by atomic mass is 10.1. The third kappa shape index (κ3) is 6.93. The van der Waals surface area contributed by atoms with E-state index in [-0.39, 0.29) is 12.8 Å². The first-order valence-electron chi connectivity index (χ1n) is 7.92. The maximum absolute atomic E-state index is 12.5. The van der Waals surface area contributed by atoms with Gasteiger partial charge in [0.1, 0.15) is 0 Å². The molecule has 2 rings (SSSR count). The van der Waals surface area contributed by atoms with Gasteiger partial charge in [0.05, 0.1) is 18.4 Å². The van der Waals surface area contributed by atoms with Gasteiger partial charge in [-0.1, -0.05) is 42.5 Å². The molecule has 2 aromatic carbocycles. The number of rotatable bonds is 6. The highest BCUT2D eigenvalue weighted by Gasteiger charge is 2.30. The number of nitrogens with one attached hydrogen (secondary N) is 1. The number of ether oxygens (including phenoxy) is 1. The molecule has 2 amide bonds. The maximum Gasteiger partial charge on any atom is 0.416 e. The molecule has 8 heteroatoms. The van der Waals surface area contributed by atoms with Crippen LogP contribution in [0.1, 0.15) is 16.7 Å². The van der Waals surface area contributed by atoms with Crippen LogP contribution in [0.25, 0.3) is 0 Å². The quantitative estimate of drug-likeness (QED) is 0.784. The molecule has 2 aromatic rings. The zero-order valence-electron chi connectivity index (χ0n) is 14.1. The molecule has 0 atom stereocenters. The predicted molar refractivity (Wildman–Crippen MR) is 89.4 cm³/mol. The van der Waals surface area contributed by atoms with E-state index in [1.54, 1.807) is 30.3 Å². The van der Waals surface area contributed by atoms with Gasteiger partial charge in [-0.3, -0.25) is 19.7 Å². The number of carbonyl (C=O) groups is 3. The lowest BCUT2D eigenvalue weighted by Gasteiger charge is -2.08. The van der Waals surface area contributed by atoms with Crippen LogP contribution >= 0.6 is 0 Å². The fraction of sp³-hybridized carbons (Fsp3) is 0.211. The summed E-state index contributed by atoms with van der Waals surface area (Å²) in [4.78, 5) is 35.0. The van der Waals surface area contributed by atoms with Crippen LogP contribution < -0.4 is 5.32 Å². The molecule has 5 nitrogen and oxygen atoms in total. The summed E-state index contributed by atoms with van der Waals surface area (Å²) in [6.45, 7) is -0.653. The molecule has 27 heavy (non-hydrogen) atoms. The van der Waals surface area contributed by atoms with Gasteiger partial charge < -0.3 is 4.74 Å². The lowest BCUT2D eigenvalue weighted by molar-refractivity contribution is -0.149. The van der Waals surface area contributed by atoms with Crippen LogP contribution in [0.5, 0.6) is 0 Å². The standard InChI is InChI=1S/C19H16F3NO4/c20-19(21,22)15-8-6-14(7-9-15)11-18(26)27-12-17(25)23-16(24)10-13-4-2-1-3-5-13/h1-9H,10-12H2,(H,23,24,25). The zero-order valence-corrected chi connectivity index (χ0v) is 14.1. The van der Waals surface area contributed by atoms with Gasteiger partial charge in [-0.05, 0) is 23.3 Å². The van der Waals surface area contributed by atoms with E-state index in [0.717, 1.165) is 29.8 Å². The van der Waals surface area contributed by atoms with Crippen molar-refractivity contribution in [1.29, 1.82) is 0 Å². The van der Waals surface area contributed by atoms with Crippen LogP contribution in [0.3, 0.4) is 0 Å². The molecule has 0 fully saturated rings. The van der Waals surface area contributed by atoms with E-state index < -0.39 is 36.1 Å². The normalized spacial score (nSPS) is 10.9. The number of amides is 2. The average molecular weight is 379 g/mol. The highest BCUT2D eigenvalue weighted by Crippen LogP contribution is 2.29. The monoisotopic (exact) mass is 379 g/mol.